The number of hydrogen-bond donors (Lipinski definition) is 5. The molecule has 0 spiro atoms. The summed E-state index contributed by atoms with van der Waals surface area (Å²) in [6.07, 6.45) is 0. The van der Waals surface area contributed by atoms with Gasteiger partial charge in [-0.1, -0.05) is 84.9 Å². The van der Waals surface area contributed by atoms with Crippen LogP contribution in [-0.2, 0) is 9.59 Å². The van der Waals surface area contributed by atoms with Gasteiger partial charge in [-0.15, -0.1) is 0 Å². The third kappa shape index (κ3) is 7.21. The molecule has 2 atom stereocenters. The normalized spacial score (nSPS) is 14.7. The lowest BCUT2D eigenvalue weighted by atomic mass is 10.0. The first kappa shape index (κ1) is 29.1. The number of fused-ring (bicyclic) bond motifs is 1. The van der Waals surface area contributed by atoms with Gasteiger partial charge in [0.1, 0.15) is 31.0 Å². The van der Waals surface area contributed by atoms with Gasteiger partial charge in [0, 0.05) is 11.1 Å². The lowest BCUT2D eigenvalue weighted by Crippen LogP contribution is -2.41. The zero-order chi connectivity index (χ0) is 29.2. The Bertz CT molecular complexity index is 1460. The fraction of sp³-hybridized carbons (Fsp3) is 0.188. The molecule has 212 valence electrons. The van der Waals surface area contributed by atoms with E-state index in [0.29, 0.717) is 23.7 Å². The summed E-state index contributed by atoms with van der Waals surface area (Å²) in [5, 5.41) is 17.6. The van der Waals surface area contributed by atoms with Gasteiger partial charge in [-0.3, -0.25) is 9.59 Å². The predicted molar refractivity (Wildman–Crippen MR) is 161 cm³/mol. The van der Waals surface area contributed by atoms with E-state index < -0.39 is 12.0 Å². The van der Waals surface area contributed by atoms with Crippen LogP contribution in [0.4, 0.5) is 11.4 Å². The smallest absolute Gasteiger partial charge is 0.324 e. The van der Waals surface area contributed by atoms with Crippen molar-refractivity contribution in [1.29, 1.82) is 0 Å². The summed E-state index contributed by atoms with van der Waals surface area (Å²) in [6.45, 7) is 0.319. The Balaban J connectivity index is 0.000000189. The number of benzene rings is 4. The molecule has 0 radical (unpaired) electrons. The molecule has 0 unspecified atom stereocenters. The first-order chi connectivity index (χ1) is 19.9. The number of amides is 1. The molecule has 0 aliphatic carbocycles. The average Bonchev–Trinajstić information content (AvgIpc) is 3.16. The fourth-order valence-electron chi connectivity index (χ4n) is 4.32. The first-order valence-electron chi connectivity index (χ1n) is 13.2. The zero-order valence-electron chi connectivity index (χ0n) is 23.0. The van der Waals surface area contributed by atoms with Crippen LogP contribution in [0.2, 0.25) is 0 Å². The van der Waals surface area contributed by atoms with E-state index in [1.807, 2.05) is 91.0 Å². The van der Waals surface area contributed by atoms with Crippen molar-refractivity contribution in [2.75, 3.05) is 38.4 Å². The fourth-order valence-corrected chi connectivity index (χ4v) is 4.32. The minimum Gasteiger partial charge on any atom is -0.489 e. The molecule has 0 fully saturated rings. The number of likely N-dealkylation sites (N-methyl/N-ethyl adjacent to an activating group) is 2. The second kappa shape index (κ2) is 14.0. The van der Waals surface area contributed by atoms with Gasteiger partial charge in [0.15, 0.2) is 5.75 Å². The number of nitrogens with two attached hydrogens (primary N) is 1. The van der Waals surface area contributed by atoms with Crippen LogP contribution in [0.1, 0.15) is 0 Å². The van der Waals surface area contributed by atoms with Crippen LogP contribution in [0.3, 0.4) is 0 Å². The van der Waals surface area contributed by atoms with Crippen LogP contribution >= 0.6 is 0 Å². The molecule has 1 aliphatic rings. The summed E-state index contributed by atoms with van der Waals surface area (Å²) in [5.74, 6) is 0.194. The Labute approximate surface area is 239 Å². The van der Waals surface area contributed by atoms with Crippen LogP contribution in [0.25, 0.3) is 22.3 Å². The molecule has 0 aromatic heterocycles. The molecule has 9 nitrogen and oxygen atoms in total. The topological polar surface area (TPSA) is 135 Å². The van der Waals surface area contributed by atoms with E-state index in [2.05, 4.69) is 16.0 Å². The number of carboxylic acid groups (broad SMARTS) is 1. The van der Waals surface area contributed by atoms with E-state index in [1.54, 1.807) is 20.2 Å². The number of hydrogen-bond acceptors (Lipinski definition) is 7. The highest BCUT2D eigenvalue weighted by molar-refractivity contribution is 5.98. The van der Waals surface area contributed by atoms with Crippen molar-refractivity contribution in [1.82, 2.24) is 10.6 Å². The van der Waals surface area contributed by atoms with Gasteiger partial charge in [-0.05, 0) is 37.4 Å². The van der Waals surface area contributed by atoms with Crippen molar-refractivity contribution in [2.45, 2.75) is 12.1 Å². The van der Waals surface area contributed by atoms with E-state index in [4.69, 9.17) is 20.3 Å². The van der Waals surface area contributed by atoms with Gasteiger partial charge in [0.2, 0.25) is 5.91 Å². The lowest BCUT2D eigenvalue weighted by Gasteiger charge is -2.17. The summed E-state index contributed by atoms with van der Waals surface area (Å²) in [7, 11) is 3.33. The number of carboxylic acids is 1. The monoisotopic (exact) mass is 554 g/mol. The van der Waals surface area contributed by atoms with Crippen LogP contribution < -0.4 is 31.2 Å². The number of anilines is 2. The number of carbonyl (C=O) groups is 2. The van der Waals surface area contributed by atoms with Crippen molar-refractivity contribution in [3.63, 3.8) is 0 Å². The van der Waals surface area contributed by atoms with E-state index in [0.717, 1.165) is 28.0 Å². The minimum absolute atomic E-state index is 0.000119. The van der Waals surface area contributed by atoms with Gasteiger partial charge < -0.3 is 36.3 Å². The SMILES string of the molecule is CN[C@@H](COc1c(N)cccc1-c1ccccc1)C(=O)O.CN[C@H]1COc2c(cccc2-c2ccccc2)NC1=O. The maximum atomic E-state index is 12.0. The number of nitrogen functional groups attached to an aromatic ring is 1. The van der Waals surface area contributed by atoms with Crippen molar-refractivity contribution >= 4 is 23.3 Å². The molecule has 6 N–H and O–H groups in total. The summed E-state index contributed by atoms with van der Waals surface area (Å²) >= 11 is 0. The summed E-state index contributed by atoms with van der Waals surface area (Å²) in [4.78, 5) is 23.0. The third-order valence-electron chi connectivity index (χ3n) is 6.59. The van der Waals surface area contributed by atoms with Crippen molar-refractivity contribution < 1.29 is 24.2 Å². The average molecular weight is 555 g/mol. The molecule has 4 aromatic carbocycles. The van der Waals surface area contributed by atoms with Gasteiger partial charge in [-0.25, -0.2) is 0 Å². The van der Waals surface area contributed by atoms with Gasteiger partial charge in [-0.2, -0.15) is 0 Å². The van der Waals surface area contributed by atoms with Gasteiger partial charge in [0.25, 0.3) is 0 Å². The third-order valence-corrected chi connectivity index (χ3v) is 6.59. The number of ether oxygens (including phenoxy) is 2. The molecule has 5 rings (SSSR count). The molecule has 0 saturated carbocycles. The molecule has 1 aliphatic heterocycles. The Hall–Kier alpha value is -4.86. The molecule has 9 heteroatoms. The van der Waals surface area contributed by atoms with Gasteiger partial charge in [0.05, 0.1) is 11.4 Å². The molecule has 0 bridgehead atoms. The second-order valence-electron chi connectivity index (χ2n) is 9.27. The standard InChI is InChI=1S/C16H18N2O3.C16H16N2O2/c1-18-14(16(19)20)10-21-15-12(8-5-9-13(15)17)11-6-3-2-4-7-11;1-17-14-10-20-15-12(11-6-3-2-4-7-11)8-5-9-13(15)18-16(14)19/h2-9,14,18H,10,17H2,1H3,(H,19,20);2-9,14,17H,10H2,1H3,(H,18,19)/t2*14-/m00/s1. The summed E-state index contributed by atoms with van der Waals surface area (Å²) < 4.78 is 11.5. The maximum Gasteiger partial charge on any atom is 0.324 e. The molecule has 4 aromatic rings. The van der Waals surface area contributed by atoms with Crippen molar-refractivity contribution in [2.24, 2.45) is 0 Å². The maximum absolute atomic E-state index is 12.0. The molecular formula is C32H34N4O5. The summed E-state index contributed by atoms with van der Waals surface area (Å²) in [5.41, 5.74) is 11.0. The number of para-hydroxylation sites is 2. The van der Waals surface area contributed by atoms with Gasteiger partial charge >= 0.3 is 5.97 Å². The van der Waals surface area contributed by atoms with Crippen LogP contribution in [0.5, 0.6) is 11.5 Å². The highest BCUT2D eigenvalue weighted by Crippen LogP contribution is 2.38. The Morgan fingerprint density at radius 1 is 0.951 bits per heavy atom. The van der Waals surface area contributed by atoms with Crippen molar-refractivity contribution in [3.05, 3.63) is 97.1 Å². The minimum atomic E-state index is -0.965. The number of nitrogens with one attached hydrogen (secondary N) is 3. The summed E-state index contributed by atoms with van der Waals surface area (Å²) in [6, 6.07) is 29.8. The predicted octanol–water partition coefficient (Wildman–Crippen LogP) is 4.26. The van der Waals surface area contributed by atoms with E-state index in [9.17, 15) is 9.59 Å². The first-order valence-corrected chi connectivity index (χ1v) is 13.2. The highest BCUT2D eigenvalue weighted by atomic mass is 16.5. The highest BCUT2D eigenvalue weighted by Gasteiger charge is 2.25. The van der Waals surface area contributed by atoms with Crippen molar-refractivity contribution in [3.8, 4) is 33.8 Å². The number of carbonyl (C=O) groups excluding carboxylic acids is 1. The Kier molecular flexibility index (Phi) is 9.93. The van der Waals surface area contributed by atoms with E-state index in [1.165, 1.54) is 0 Å². The molecule has 41 heavy (non-hydrogen) atoms. The van der Waals surface area contributed by atoms with Crippen LogP contribution in [0.15, 0.2) is 97.1 Å². The molecule has 1 heterocycles. The number of aliphatic carboxylic acids is 1. The quantitative estimate of drug-likeness (QED) is 0.204. The largest absolute Gasteiger partial charge is 0.489 e. The van der Waals surface area contributed by atoms with E-state index in [-0.39, 0.29) is 18.6 Å². The second-order valence-corrected chi connectivity index (χ2v) is 9.27. The lowest BCUT2D eigenvalue weighted by molar-refractivity contribution is -0.140. The zero-order valence-corrected chi connectivity index (χ0v) is 23.0. The molecular weight excluding hydrogens is 520 g/mol. The molecule has 0 saturated heterocycles. The Morgan fingerprint density at radius 2 is 1.56 bits per heavy atom. The van der Waals surface area contributed by atoms with E-state index >= 15 is 0 Å². The van der Waals surface area contributed by atoms with Crippen LogP contribution in [0, 0.1) is 0 Å². The molecule has 1 amide bonds. The Morgan fingerprint density at radius 3 is 2.17 bits per heavy atom. The van der Waals surface area contributed by atoms with Crippen LogP contribution in [-0.4, -0.2) is 56.4 Å². The number of rotatable bonds is 8.